The van der Waals surface area contributed by atoms with Crippen LogP contribution in [0.1, 0.15) is 30.5 Å². The van der Waals surface area contributed by atoms with Crippen LogP contribution in [0.25, 0.3) is 0 Å². The third-order valence-corrected chi connectivity index (χ3v) is 4.73. The fourth-order valence-corrected chi connectivity index (χ4v) is 3.36. The number of aliphatic hydroxyl groups is 2. The van der Waals surface area contributed by atoms with Crippen molar-refractivity contribution in [2.45, 2.75) is 37.6 Å². The first-order chi connectivity index (χ1) is 13.1. The monoisotopic (exact) mass is 367 g/mol. The fraction of sp³-hybridized carbons (Fsp3) is 0.318. The Hall–Kier alpha value is -2.47. The standard InChI is InChI=1S/C22H25NO4/c1-2-27-22(26)17-13-18(21(25)19(24)14-17)23-20(15-9-5-3-6-10-15)16-11-7-4-8-12-16/h3-13,18-21,23-25H,2,14H2,1H3/t18-,19-,21+/m0/s1. The van der Waals surface area contributed by atoms with Gasteiger partial charge in [0.15, 0.2) is 0 Å². The Morgan fingerprint density at radius 1 is 1.07 bits per heavy atom. The first-order valence-corrected chi connectivity index (χ1v) is 9.20. The molecule has 0 saturated heterocycles. The minimum atomic E-state index is -1.03. The number of ether oxygens (including phenoxy) is 1. The summed E-state index contributed by atoms with van der Waals surface area (Å²) in [6.07, 6.45) is -0.287. The van der Waals surface area contributed by atoms with Crippen LogP contribution >= 0.6 is 0 Å². The molecule has 2 aromatic carbocycles. The maximum Gasteiger partial charge on any atom is 0.333 e. The van der Waals surface area contributed by atoms with E-state index < -0.39 is 24.2 Å². The van der Waals surface area contributed by atoms with Gasteiger partial charge < -0.3 is 14.9 Å². The van der Waals surface area contributed by atoms with Crippen LogP contribution in [0.15, 0.2) is 72.3 Å². The molecule has 1 aliphatic rings. The van der Waals surface area contributed by atoms with Gasteiger partial charge in [-0.1, -0.05) is 66.7 Å². The van der Waals surface area contributed by atoms with Crippen LogP contribution in [-0.4, -0.2) is 41.0 Å². The van der Waals surface area contributed by atoms with Crippen molar-refractivity contribution < 1.29 is 19.7 Å². The van der Waals surface area contributed by atoms with Crippen LogP contribution in [0.3, 0.4) is 0 Å². The van der Waals surface area contributed by atoms with E-state index in [0.29, 0.717) is 5.57 Å². The van der Waals surface area contributed by atoms with E-state index in [1.807, 2.05) is 60.7 Å². The van der Waals surface area contributed by atoms with Gasteiger partial charge in [-0.2, -0.15) is 0 Å². The number of hydrogen-bond donors (Lipinski definition) is 3. The summed E-state index contributed by atoms with van der Waals surface area (Å²) >= 11 is 0. The third kappa shape index (κ3) is 4.63. The van der Waals surface area contributed by atoms with Crippen molar-refractivity contribution in [3.63, 3.8) is 0 Å². The summed E-state index contributed by atoms with van der Waals surface area (Å²) in [5.41, 5.74) is 2.44. The molecule has 2 aromatic rings. The highest BCUT2D eigenvalue weighted by molar-refractivity contribution is 5.89. The molecule has 0 aliphatic heterocycles. The van der Waals surface area contributed by atoms with E-state index in [2.05, 4.69) is 5.32 Å². The lowest BCUT2D eigenvalue weighted by molar-refractivity contribution is -0.139. The zero-order chi connectivity index (χ0) is 19.2. The Morgan fingerprint density at radius 2 is 1.63 bits per heavy atom. The number of carbonyl (C=O) groups excluding carboxylic acids is 1. The van der Waals surface area contributed by atoms with Gasteiger partial charge in [-0.3, -0.25) is 5.32 Å². The molecule has 0 amide bonds. The highest BCUT2D eigenvalue weighted by Gasteiger charge is 2.34. The fourth-order valence-electron chi connectivity index (χ4n) is 3.36. The number of nitrogens with one attached hydrogen (secondary N) is 1. The number of rotatable bonds is 6. The molecule has 3 rings (SSSR count). The van der Waals surface area contributed by atoms with Crippen molar-refractivity contribution in [1.29, 1.82) is 0 Å². The summed E-state index contributed by atoms with van der Waals surface area (Å²) in [5, 5.41) is 24.2. The lowest BCUT2D eigenvalue weighted by atomic mass is 9.88. The molecule has 0 radical (unpaired) electrons. The van der Waals surface area contributed by atoms with Crippen molar-refractivity contribution in [1.82, 2.24) is 5.32 Å². The van der Waals surface area contributed by atoms with Gasteiger partial charge in [0.25, 0.3) is 0 Å². The number of aliphatic hydroxyl groups excluding tert-OH is 2. The number of benzene rings is 2. The van der Waals surface area contributed by atoms with E-state index in [1.54, 1.807) is 13.0 Å². The number of esters is 1. The molecule has 0 spiro atoms. The third-order valence-electron chi connectivity index (χ3n) is 4.73. The summed E-state index contributed by atoms with van der Waals surface area (Å²) in [6.45, 7) is 2.01. The van der Waals surface area contributed by atoms with Gasteiger partial charge in [-0.05, 0) is 18.1 Å². The molecule has 5 heteroatoms. The molecule has 27 heavy (non-hydrogen) atoms. The molecule has 0 unspecified atom stereocenters. The second-order valence-corrected chi connectivity index (χ2v) is 6.62. The molecule has 0 fully saturated rings. The Bertz CT molecular complexity index is 736. The smallest absolute Gasteiger partial charge is 0.333 e. The van der Waals surface area contributed by atoms with Crippen LogP contribution in [0.4, 0.5) is 0 Å². The minimum Gasteiger partial charge on any atom is -0.463 e. The largest absolute Gasteiger partial charge is 0.463 e. The Labute approximate surface area is 159 Å². The van der Waals surface area contributed by atoms with Crippen LogP contribution in [-0.2, 0) is 9.53 Å². The number of hydrogen-bond acceptors (Lipinski definition) is 5. The van der Waals surface area contributed by atoms with Gasteiger partial charge >= 0.3 is 5.97 Å². The first-order valence-electron chi connectivity index (χ1n) is 9.20. The summed E-state index contributed by atoms with van der Waals surface area (Å²) in [5.74, 6) is -0.453. The second-order valence-electron chi connectivity index (χ2n) is 6.62. The molecule has 5 nitrogen and oxygen atoms in total. The van der Waals surface area contributed by atoms with Crippen LogP contribution in [0.2, 0.25) is 0 Å². The van der Waals surface area contributed by atoms with Crippen LogP contribution < -0.4 is 5.32 Å². The van der Waals surface area contributed by atoms with E-state index in [1.165, 1.54) is 0 Å². The topological polar surface area (TPSA) is 78.8 Å². The van der Waals surface area contributed by atoms with Gasteiger partial charge in [-0.15, -0.1) is 0 Å². The lowest BCUT2D eigenvalue weighted by Crippen LogP contribution is -2.49. The van der Waals surface area contributed by atoms with Gasteiger partial charge in [0.1, 0.15) is 0 Å². The maximum absolute atomic E-state index is 12.1. The van der Waals surface area contributed by atoms with E-state index in [0.717, 1.165) is 11.1 Å². The van der Waals surface area contributed by atoms with Crippen molar-refractivity contribution in [3.8, 4) is 0 Å². The average Bonchev–Trinajstić information content (AvgIpc) is 2.70. The lowest BCUT2D eigenvalue weighted by Gasteiger charge is -2.34. The molecule has 3 atom stereocenters. The molecular weight excluding hydrogens is 342 g/mol. The summed E-state index contributed by atoms with van der Waals surface area (Å²) in [4.78, 5) is 12.1. The SMILES string of the molecule is CCOC(=O)C1=C[C@H](NC(c2ccccc2)c2ccccc2)[C@@H](O)[C@@H](O)C1. The van der Waals surface area contributed by atoms with E-state index in [-0.39, 0.29) is 19.1 Å². The van der Waals surface area contributed by atoms with E-state index in [9.17, 15) is 15.0 Å². The molecule has 1 aliphatic carbocycles. The van der Waals surface area contributed by atoms with Crippen molar-refractivity contribution in [3.05, 3.63) is 83.4 Å². The molecule has 0 aromatic heterocycles. The van der Waals surface area contributed by atoms with Gasteiger partial charge in [0.05, 0.1) is 30.9 Å². The molecule has 0 heterocycles. The predicted octanol–water partition coefficient (Wildman–Crippen LogP) is 2.35. The van der Waals surface area contributed by atoms with Crippen molar-refractivity contribution in [2.75, 3.05) is 6.61 Å². The second kappa shape index (κ2) is 8.95. The number of carbonyl (C=O) groups is 1. The zero-order valence-electron chi connectivity index (χ0n) is 15.3. The first kappa shape index (κ1) is 19.3. The summed E-state index contributed by atoms with van der Waals surface area (Å²) in [6, 6.07) is 19.0. The quantitative estimate of drug-likeness (QED) is 0.683. The van der Waals surface area contributed by atoms with Crippen LogP contribution in [0, 0.1) is 0 Å². The zero-order valence-corrected chi connectivity index (χ0v) is 15.3. The highest BCUT2D eigenvalue weighted by Crippen LogP contribution is 2.27. The predicted molar refractivity (Wildman–Crippen MR) is 103 cm³/mol. The Morgan fingerprint density at radius 3 is 2.15 bits per heavy atom. The van der Waals surface area contributed by atoms with E-state index >= 15 is 0 Å². The molecule has 3 N–H and O–H groups in total. The Kier molecular flexibility index (Phi) is 6.40. The van der Waals surface area contributed by atoms with Gasteiger partial charge in [0.2, 0.25) is 0 Å². The molecule has 0 bridgehead atoms. The average molecular weight is 367 g/mol. The van der Waals surface area contributed by atoms with Crippen molar-refractivity contribution in [2.24, 2.45) is 0 Å². The summed E-state index contributed by atoms with van der Waals surface area (Å²) < 4.78 is 5.06. The Balaban J connectivity index is 1.92. The minimum absolute atomic E-state index is 0.0829. The van der Waals surface area contributed by atoms with Gasteiger partial charge in [-0.25, -0.2) is 4.79 Å². The molecular formula is C22H25NO4. The maximum atomic E-state index is 12.1. The molecule has 142 valence electrons. The normalized spacial score (nSPS) is 22.4. The highest BCUT2D eigenvalue weighted by atomic mass is 16.5. The van der Waals surface area contributed by atoms with Crippen molar-refractivity contribution >= 4 is 5.97 Å². The van der Waals surface area contributed by atoms with Crippen LogP contribution in [0.5, 0.6) is 0 Å². The molecule has 0 saturated carbocycles. The summed E-state index contributed by atoms with van der Waals surface area (Å²) in [7, 11) is 0. The van der Waals surface area contributed by atoms with E-state index in [4.69, 9.17) is 4.74 Å². The van der Waals surface area contributed by atoms with Gasteiger partial charge in [0, 0.05) is 12.0 Å².